The fraction of sp³-hybridized carbons (Fsp3) is 0.389. The molecule has 3 aromatic rings. The number of nitrogens with zero attached hydrogens (tertiary/aromatic N) is 3. The van der Waals surface area contributed by atoms with E-state index in [-0.39, 0.29) is 42.8 Å². The van der Waals surface area contributed by atoms with Crippen molar-refractivity contribution in [3.8, 4) is 11.8 Å². The second kappa shape index (κ2) is 10.6. The van der Waals surface area contributed by atoms with E-state index in [4.69, 9.17) is 24.7 Å². The normalized spacial score (nSPS) is 12.7. The fourth-order valence-corrected chi connectivity index (χ4v) is 3.15. The molecule has 0 fully saturated rings. The van der Waals surface area contributed by atoms with Gasteiger partial charge < -0.3 is 39.5 Å². The van der Waals surface area contributed by atoms with Crippen LogP contribution in [-0.2, 0) is 20.6 Å². The Morgan fingerprint density at radius 1 is 1.19 bits per heavy atom. The van der Waals surface area contributed by atoms with E-state index in [0.717, 1.165) is 0 Å². The van der Waals surface area contributed by atoms with E-state index in [1.54, 1.807) is 24.3 Å². The molecule has 0 spiro atoms. The van der Waals surface area contributed by atoms with Gasteiger partial charge in [0.15, 0.2) is 11.5 Å². The second-order valence-corrected chi connectivity index (χ2v) is 8.27. The number of hydrogen-bond acceptors (Lipinski definition) is 9. The molecule has 0 aliphatic carbocycles. The Kier molecular flexibility index (Phi) is 7.83. The zero-order valence-corrected chi connectivity index (χ0v) is 18.1. The number of aromatic amines is 1. The molecule has 0 saturated heterocycles. The van der Waals surface area contributed by atoms with Gasteiger partial charge in [-0.05, 0) is 12.1 Å². The van der Waals surface area contributed by atoms with Gasteiger partial charge in [0.2, 0.25) is 0 Å². The molecular weight excluding hydrogens is 445 g/mol. The molecule has 0 bridgehead atoms. The van der Waals surface area contributed by atoms with E-state index in [9.17, 15) is 19.1 Å². The number of imidazole rings is 1. The predicted octanol–water partition coefficient (Wildman–Crippen LogP) is 0.326. The van der Waals surface area contributed by atoms with Crippen molar-refractivity contribution in [3.63, 3.8) is 0 Å². The van der Waals surface area contributed by atoms with Crippen molar-refractivity contribution in [2.75, 3.05) is 39.0 Å². The molecule has 1 atom stereocenters. The maximum absolute atomic E-state index is 12.5. The predicted molar refractivity (Wildman–Crippen MR) is 114 cm³/mol. The minimum atomic E-state index is -4.45. The van der Waals surface area contributed by atoms with Crippen molar-refractivity contribution in [1.29, 1.82) is 0 Å². The monoisotopic (exact) mass is 469 g/mol. The maximum Gasteiger partial charge on any atom is 0.350 e. The molecule has 0 saturated carbocycles. The number of nitrogen functional groups attached to an aromatic ring is 1. The van der Waals surface area contributed by atoms with E-state index in [1.165, 1.54) is 11.7 Å². The highest BCUT2D eigenvalue weighted by Crippen LogP contribution is 2.34. The highest BCUT2D eigenvalue weighted by Gasteiger charge is 2.22. The molecule has 14 heteroatoms. The lowest BCUT2D eigenvalue weighted by atomic mass is 10.3. The molecular formula is C18H24N5O8P. The van der Waals surface area contributed by atoms with Gasteiger partial charge in [-0.1, -0.05) is 18.2 Å². The summed E-state index contributed by atoms with van der Waals surface area (Å²) < 4.78 is 33.8. The number of para-hydroxylation sites is 1. The Hall–Kier alpha value is -2.96. The van der Waals surface area contributed by atoms with Crippen LogP contribution in [0.5, 0.6) is 11.8 Å². The standard InChI is InChI=1S/C18H24N5O8P/c1-28-7-8-29-17-21-15(19)14-16(22-17)23(18(24)20-14)9-13(31-11-32(25,26)27)10-30-12-5-3-2-4-6-12/h2-6,13H,7-11H2,1H3,(H,20,24)(H2,19,21,22)(H2,25,26,27). The van der Waals surface area contributed by atoms with Crippen LogP contribution < -0.4 is 20.9 Å². The van der Waals surface area contributed by atoms with Crippen molar-refractivity contribution in [2.24, 2.45) is 0 Å². The molecule has 5 N–H and O–H groups in total. The quantitative estimate of drug-likeness (QED) is 0.212. The fourth-order valence-electron chi connectivity index (χ4n) is 2.75. The smallest absolute Gasteiger partial charge is 0.350 e. The summed E-state index contributed by atoms with van der Waals surface area (Å²) in [5, 5.41) is 0. The van der Waals surface area contributed by atoms with Crippen LogP contribution in [-0.4, -0.2) is 68.7 Å². The van der Waals surface area contributed by atoms with Crippen molar-refractivity contribution < 1.29 is 33.3 Å². The summed E-state index contributed by atoms with van der Waals surface area (Å²) in [5.41, 5.74) is 5.72. The van der Waals surface area contributed by atoms with Crippen molar-refractivity contribution in [2.45, 2.75) is 12.6 Å². The number of ether oxygens (including phenoxy) is 4. The van der Waals surface area contributed by atoms with E-state index >= 15 is 0 Å². The second-order valence-electron chi connectivity index (χ2n) is 6.68. The Balaban J connectivity index is 1.85. The van der Waals surface area contributed by atoms with Gasteiger partial charge in [0.25, 0.3) is 0 Å². The van der Waals surface area contributed by atoms with Crippen molar-refractivity contribution in [1.82, 2.24) is 19.5 Å². The molecule has 2 aromatic heterocycles. The van der Waals surface area contributed by atoms with Gasteiger partial charge in [-0.15, -0.1) is 0 Å². The third-order valence-electron chi connectivity index (χ3n) is 4.19. The first-order chi connectivity index (χ1) is 15.3. The molecule has 32 heavy (non-hydrogen) atoms. The summed E-state index contributed by atoms with van der Waals surface area (Å²) in [6.07, 6.45) is -1.73. The lowest BCUT2D eigenvalue weighted by Gasteiger charge is -2.19. The average Bonchev–Trinajstić information content (AvgIpc) is 3.06. The number of nitrogens with one attached hydrogen (secondary N) is 1. The van der Waals surface area contributed by atoms with Crippen LogP contribution in [0.1, 0.15) is 0 Å². The minimum Gasteiger partial charge on any atom is -0.491 e. The number of hydrogen-bond donors (Lipinski definition) is 4. The molecule has 1 aromatic carbocycles. The first-order valence-electron chi connectivity index (χ1n) is 9.48. The molecule has 0 aliphatic heterocycles. The van der Waals surface area contributed by atoms with Gasteiger partial charge >= 0.3 is 19.3 Å². The lowest BCUT2D eigenvalue weighted by Crippen LogP contribution is -2.32. The molecule has 0 radical (unpaired) electrons. The Morgan fingerprint density at radius 2 is 1.94 bits per heavy atom. The van der Waals surface area contributed by atoms with Gasteiger partial charge in [-0.2, -0.15) is 9.97 Å². The van der Waals surface area contributed by atoms with Gasteiger partial charge in [-0.3, -0.25) is 9.13 Å². The van der Waals surface area contributed by atoms with Crippen LogP contribution >= 0.6 is 7.60 Å². The number of aromatic nitrogens is 4. The van der Waals surface area contributed by atoms with E-state index in [1.807, 2.05) is 6.07 Å². The Morgan fingerprint density at radius 3 is 2.62 bits per heavy atom. The Bertz CT molecular complexity index is 1130. The lowest BCUT2D eigenvalue weighted by molar-refractivity contribution is 0.0272. The van der Waals surface area contributed by atoms with Gasteiger partial charge in [0.1, 0.15) is 36.9 Å². The zero-order chi connectivity index (χ0) is 23.1. The minimum absolute atomic E-state index is 0.00601. The third kappa shape index (κ3) is 6.52. The Labute approximate surface area is 182 Å². The molecule has 2 heterocycles. The highest BCUT2D eigenvalue weighted by atomic mass is 31.2. The third-order valence-corrected chi connectivity index (χ3v) is 4.68. The van der Waals surface area contributed by atoms with Crippen molar-refractivity contribution >= 4 is 24.6 Å². The number of anilines is 1. The van der Waals surface area contributed by atoms with Gasteiger partial charge in [-0.25, -0.2) is 4.79 Å². The number of nitrogens with two attached hydrogens (primary N) is 1. The largest absolute Gasteiger partial charge is 0.491 e. The van der Waals surface area contributed by atoms with Crippen LogP contribution in [0, 0.1) is 0 Å². The molecule has 174 valence electrons. The summed E-state index contributed by atoms with van der Waals surface area (Å²) in [5.74, 6) is 0.537. The van der Waals surface area contributed by atoms with Gasteiger partial charge in [0.05, 0.1) is 13.2 Å². The van der Waals surface area contributed by atoms with E-state index < -0.39 is 25.7 Å². The summed E-state index contributed by atoms with van der Waals surface area (Å²) in [6.45, 7) is 0.270. The van der Waals surface area contributed by atoms with Gasteiger partial charge in [0, 0.05) is 7.11 Å². The average molecular weight is 469 g/mol. The first-order valence-corrected chi connectivity index (χ1v) is 11.3. The summed E-state index contributed by atoms with van der Waals surface area (Å²) in [6, 6.07) is 8.75. The van der Waals surface area contributed by atoms with Crippen LogP contribution in [0.2, 0.25) is 0 Å². The summed E-state index contributed by atoms with van der Waals surface area (Å²) in [7, 11) is -2.93. The SMILES string of the molecule is COCCOc1nc(N)c2[nH]c(=O)n(CC(COc3ccccc3)OCP(=O)(O)O)c2n1. The first kappa shape index (κ1) is 23.7. The molecule has 3 rings (SSSR count). The van der Waals surface area contributed by atoms with Crippen molar-refractivity contribution in [3.05, 3.63) is 40.8 Å². The number of methoxy groups -OCH3 is 1. The van der Waals surface area contributed by atoms with Crippen LogP contribution in [0.15, 0.2) is 35.1 Å². The number of rotatable bonds is 12. The zero-order valence-electron chi connectivity index (χ0n) is 17.2. The van der Waals surface area contributed by atoms with Crippen LogP contribution in [0.25, 0.3) is 11.2 Å². The maximum atomic E-state index is 12.5. The highest BCUT2D eigenvalue weighted by molar-refractivity contribution is 7.51. The molecule has 1 unspecified atom stereocenters. The molecule has 13 nitrogen and oxygen atoms in total. The summed E-state index contributed by atoms with van der Waals surface area (Å²) in [4.78, 5) is 41.7. The van der Waals surface area contributed by atoms with E-state index in [0.29, 0.717) is 12.4 Å². The number of fused-ring (bicyclic) bond motifs is 1. The molecule has 0 amide bonds. The van der Waals surface area contributed by atoms with Crippen LogP contribution in [0.4, 0.5) is 5.82 Å². The number of H-pyrrole nitrogens is 1. The summed E-state index contributed by atoms with van der Waals surface area (Å²) >= 11 is 0. The topological polar surface area (TPSA) is 184 Å². The molecule has 0 aliphatic rings. The van der Waals surface area contributed by atoms with E-state index in [2.05, 4.69) is 15.0 Å². The van der Waals surface area contributed by atoms with Crippen LogP contribution in [0.3, 0.4) is 0 Å². The number of benzene rings is 1.